The number of nitrogens with one attached hydrogen (secondary N) is 2. The van der Waals surface area contributed by atoms with Crippen LogP contribution < -0.4 is 10.9 Å². The summed E-state index contributed by atoms with van der Waals surface area (Å²) >= 11 is 0. The quantitative estimate of drug-likeness (QED) is 0.742. The van der Waals surface area contributed by atoms with Crippen LogP contribution in [0.1, 0.15) is 25.7 Å². The van der Waals surface area contributed by atoms with Gasteiger partial charge in [0, 0.05) is 5.70 Å². The van der Waals surface area contributed by atoms with E-state index in [4.69, 9.17) is 0 Å². The van der Waals surface area contributed by atoms with Gasteiger partial charge >= 0.3 is 0 Å². The maximum Gasteiger partial charge on any atom is 0.123 e. The lowest BCUT2D eigenvalue weighted by molar-refractivity contribution is 0.627. The van der Waals surface area contributed by atoms with Crippen LogP contribution in [-0.4, -0.2) is 0 Å². The second-order valence-corrected chi connectivity index (χ2v) is 3.73. The van der Waals surface area contributed by atoms with Crippen molar-refractivity contribution < 1.29 is 4.39 Å². The van der Waals surface area contributed by atoms with Gasteiger partial charge in [0.2, 0.25) is 0 Å². The molecule has 2 N–H and O–H groups in total. The first-order valence-electron chi connectivity index (χ1n) is 5.31. The smallest absolute Gasteiger partial charge is 0.123 e. The molecule has 0 heterocycles. The molecule has 15 heavy (non-hydrogen) atoms. The molecule has 0 amide bonds. The molecule has 0 aliphatic heterocycles. The molecule has 2 rings (SSSR count). The van der Waals surface area contributed by atoms with Gasteiger partial charge in [0.25, 0.3) is 0 Å². The van der Waals surface area contributed by atoms with Crippen molar-refractivity contribution in [2.24, 2.45) is 0 Å². The van der Waals surface area contributed by atoms with E-state index in [1.54, 1.807) is 12.1 Å². The number of allylic oxidation sites excluding steroid dienone is 2. The van der Waals surface area contributed by atoms with Crippen molar-refractivity contribution in [2.45, 2.75) is 25.7 Å². The lowest BCUT2D eigenvalue weighted by Crippen LogP contribution is -2.21. The summed E-state index contributed by atoms with van der Waals surface area (Å²) < 4.78 is 12.6. The normalized spacial score (nSPS) is 15.7. The first-order valence-corrected chi connectivity index (χ1v) is 5.31. The molecule has 1 aliphatic rings. The molecule has 0 unspecified atom stereocenters. The number of hydrazine groups is 1. The first kappa shape index (κ1) is 10.0. The van der Waals surface area contributed by atoms with Gasteiger partial charge in [-0.15, -0.1) is 0 Å². The fraction of sp³-hybridized carbons (Fsp3) is 0.333. The Morgan fingerprint density at radius 2 is 1.80 bits per heavy atom. The van der Waals surface area contributed by atoms with Crippen molar-refractivity contribution in [3.63, 3.8) is 0 Å². The summed E-state index contributed by atoms with van der Waals surface area (Å²) in [5.74, 6) is -0.211. The zero-order valence-corrected chi connectivity index (χ0v) is 8.59. The Morgan fingerprint density at radius 3 is 2.47 bits per heavy atom. The van der Waals surface area contributed by atoms with Gasteiger partial charge in [0.1, 0.15) is 5.82 Å². The fourth-order valence-corrected chi connectivity index (χ4v) is 1.64. The maximum atomic E-state index is 12.6. The second kappa shape index (κ2) is 4.82. The number of hydrogen-bond acceptors (Lipinski definition) is 2. The molecule has 80 valence electrons. The second-order valence-electron chi connectivity index (χ2n) is 3.73. The van der Waals surface area contributed by atoms with Crippen LogP contribution in [-0.2, 0) is 0 Å². The van der Waals surface area contributed by atoms with Crippen LogP contribution in [0.15, 0.2) is 36.0 Å². The SMILES string of the molecule is Fc1ccc(NNC2=CCCCC2)cc1. The van der Waals surface area contributed by atoms with Gasteiger partial charge in [-0.1, -0.05) is 6.08 Å². The molecule has 0 bridgehead atoms. The fourth-order valence-electron chi connectivity index (χ4n) is 1.64. The Morgan fingerprint density at radius 1 is 1.00 bits per heavy atom. The zero-order valence-electron chi connectivity index (χ0n) is 8.59. The van der Waals surface area contributed by atoms with Gasteiger partial charge in [-0.2, -0.15) is 0 Å². The molecule has 1 aromatic rings. The topological polar surface area (TPSA) is 24.1 Å². The first-order chi connectivity index (χ1) is 7.34. The van der Waals surface area contributed by atoms with Gasteiger partial charge in [0.15, 0.2) is 0 Å². The van der Waals surface area contributed by atoms with Crippen molar-refractivity contribution in [2.75, 3.05) is 5.43 Å². The molecule has 3 heteroatoms. The summed E-state index contributed by atoms with van der Waals surface area (Å²) in [4.78, 5) is 0. The summed E-state index contributed by atoms with van der Waals surface area (Å²) in [5.41, 5.74) is 8.31. The van der Waals surface area contributed by atoms with Crippen LogP contribution in [0.2, 0.25) is 0 Å². The van der Waals surface area contributed by atoms with Gasteiger partial charge in [-0.25, -0.2) is 4.39 Å². The zero-order chi connectivity index (χ0) is 10.5. The molecule has 0 aromatic heterocycles. The molecular weight excluding hydrogens is 191 g/mol. The highest BCUT2D eigenvalue weighted by atomic mass is 19.1. The van der Waals surface area contributed by atoms with E-state index in [0.29, 0.717) is 0 Å². The highest BCUT2D eigenvalue weighted by molar-refractivity contribution is 5.42. The molecule has 2 nitrogen and oxygen atoms in total. The van der Waals surface area contributed by atoms with E-state index < -0.39 is 0 Å². The molecule has 1 aliphatic carbocycles. The third kappa shape index (κ3) is 2.98. The summed E-state index contributed by atoms with van der Waals surface area (Å²) in [5, 5.41) is 0. The van der Waals surface area contributed by atoms with E-state index >= 15 is 0 Å². The van der Waals surface area contributed by atoms with Crippen LogP contribution in [0.25, 0.3) is 0 Å². The maximum absolute atomic E-state index is 12.6. The third-order valence-electron chi connectivity index (χ3n) is 2.50. The Balaban J connectivity index is 1.87. The Hall–Kier alpha value is -1.51. The van der Waals surface area contributed by atoms with E-state index in [0.717, 1.165) is 18.5 Å². The lowest BCUT2D eigenvalue weighted by atomic mass is 10.1. The molecule has 0 radical (unpaired) electrons. The average Bonchev–Trinajstić information content (AvgIpc) is 2.30. The molecule has 0 atom stereocenters. The summed E-state index contributed by atoms with van der Waals surface area (Å²) in [6.45, 7) is 0. The minimum atomic E-state index is -0.211. The van der Waals surface area contributed by atoms with Crippen LogP contribution in [0, 0.1) is 5.82 Å². The monoisotopic (exact) mass is 206 g/mol. The van der Waals surface area contributed by atoms with E-state index in [2.05, 4.69) is 16.9 Å². The molecule has 0 fully saturated rings. The molecule has 0 saturated carbocycles. The molecule has 0 saturated heterocycles. The van der Waals surface area contributed by atoms with Crippen molar-refractivity contribution >= 4 is 5.69 Å². The minimum Gasteiger partial charge on any atom is -0.305 e. The number of rotatable bonds is 3. The summed E-state index contributed by atoms with van der Waals surface area (Å²) in [6, 6.07) is 6.32. The van der Waals surface area contributed by atoms with Gasteiger partial charge in [0.05, 0.1) is 5.69 Å². The van der Waals surface area contributed by atoms with Crippen molar-refractivity contribution in [1.29, 1.82) is 0 Å². The summed E-state index contributed by atoms with van der Waals surface area (Å²) in [6.07, 6.45) is 6.97. The molecule has 0 spiro atoms. The number of halogens is 1. The highest BCUT2D eigenvalue weighted by Crippen LogP contribution is 2.15. The Labute approximate surface area is 89.2 Å². The van der Waals surface area contributed by atoms with E-state index in [-0.39, 0.29) is 5.82 Å². The largest absolute Gasteiger partial charge is 0.305 e. The highest BCUT2D eigenvalue weighted by Gasteiger charge is 2.02. The predicted octanol–water partition coefficient (Wildman–Crippen LogP) is 3.20. The van der Waals surface area contributed by atoms with Crippen LogP contribution in [0.3, 0.4) is 0 Å². The number of anilines is 1. The van der Waals surface area contributed by atoms with Crippen LogP contribution in [0.5, 0.6) is 0 Å². The average molecular weight is 206 g/mol. The molecular formula is C12H15FN2. The Kier molecular flexibility index (Phi) is 3.22. The van der Waals surface area contributed by atoms with Gasteiger partial charge < -0.3 is 10.9 Å². The Bertz CT molecular complexity index is 343. The lowest BCUT2D eigenvalue weighted by Gasteiger charge is -2.16. The minimum absolute atomic E-state index is 0.211. The van der Waals surface area contributed by atoms with Gasteiger partial charge in [-0.05, 0) is 49.9 Å². The van der Waals surface area contributed by atoms with Crippen molar-refractivity contribution in [3.8, 4) is 0 Å². The third-order valence-corrected chi connectivity index (χ3v) is 2.50. The van der Waals surface area contributed by atoms with E-state index in [9.17, 15) is 4.39 Å². The number of benzene rings is 1. The van der Waals surface area contributed by atoms with Gasteiger partial charge in [-0.3, -0.25) is 0 Å². The van der Waals surface area contributed by atoms with Crippen LogP contribution >= 0.6 is 0 Å². The van der Waals surface area contributed by atoms with Crippen molar-refractivity contribution in [1.82, 2.24) is 5.43 Å². The van der Waals surface area contributed by atoms with Crippen LogP contribution in [0.4, 0.5) is 10.1 Å². The summed E-state index contributed by atoms with van der Waals surface area (Å²) in [7, 11) is 0. The number of hydrogen-bond donors (Lipinski definition) is 2. The van der Waals surface area contributed by atoms with E-state index in [1.807, 2.05) is 0 Å². The standard InChI is InChI=1S/C12H15FN2/c13-10-6-8-12(9-7-10)15-14-11-4-2-1-3-5-11/h4,6-9,14-15H,1-3,5H2. The van der Waals surface area contributed by atoms with Crippen molar-refractivity contribution in [3.05, 3.63) is 41.9 Å². The predicted molar refractivity (Wildman–Crippen MR) is 59.7 cm³/mol. The molecule has 1 aromatic carbocycles. The van der Waals surface area contributed by atoms with E-state index in [1.165, 1.54) is 30.7 Å².